The van der Waals surface area contributed by atoms with E-state index in [9.17, 15) is 5.11 Å². The van der Waals surface area contributed by atoms with Crippen LogP contribution in [-0.2, 0) is 0 Å². The smallest absolute Gasteiger partial charge is 0.128 e. The van der Waals surface area contributed by atoms with Crippen molar-refractivity contribution >= 4 is 34.8 Å². The quantitative estimate of drug-likeness (QED) is 0.779. The summed E-state index contributed by atoms with van der Waals surface area (Å²) in [4.78, 5) is 0. The summed E-state index contributed by atoms with van der Waals surface area (Å²) in [5, 5.41) is 12.0. The Morgan fingerprint density at radius 1 is 0.950 bits per heavy atom. The molecule has 0 aromatic heterocycles. The third-order valence-electron chi connectivity index (χ3n) is 3.34. The first-order valence-electron chi connectivity index (χ1n) is 6.13. The van der Waals surface area contributed by atoms with Gasteiger partial charge in [0.25, 0.3) is 0 Å². The number of benzene rings is 2. The van der Waals surface area contributed by atoms with Crippen molar-refractivity contribution in [2.45, 2.75) is 18.6 Å². The maximum atomic E-state index is 10.3. The van der Waals surface area contributed by atoms with Crippen LogP contribution in [0.3, 0.4) is 0 Å². The zero-order valence-electron chi connectivity index (χ0n) is 10.3. The number of aliphatic hydroxyl groups excluding tert-OH is 1. The van der Waals surface area contributed by atoms with Gasteiger partial charge in [0.15, 0.2) is 0 Å². The van der Waals surface area contributed by atoms with Gasteiger partial charge in [0.05, 0.1) is 6.10 Å². The highest BCUT2D eigenvalue weighted by Crippen LogP contribution is 2.43. The van der Waals surface area contributed by atoms with Crippen molar-refractivity contribution in [3.8, 4) is 5.75 Å². The first-order chi connectivity index (χ1) is 9.54. The summed E-state index contributed by atoms with van der Waals surface area (Å²) in [5.74, 6) is 0.620. The van der Waals surface area contributed by atoms with Crippen molar-refractivity contribution in [3.05, 3.63) is 62.6 Å². The molecule has 0 aliphatic carbocycles. The maximum absolute atomic E-state index is 10.3. The molecule has 2 nitrogen and oxygen atoms in total. The summed E-state index contributed by atoms with van der Waals surface area (Å²) in [6.45, 7) is 0. The van der Waals surface area contributed by atoms with Gasteiger partial charge in [-0.15, -0.1) is 0 Å². The van der Waals surface area contributed by atoms with E-state index in [2.05, 4.69) is 0 Å². The second-order valence-electron chi connectivity index (χ2n) is 4.71. The van der Waals surface area contributed by atoms with Crippen LogP contribution in [0.2, 0.25) is 15.1 Å². The Bertz CT molecular complexity index is 658. The van der Waals surface area contributed by atoms with Crippen LogP contribution in [0.25, 0.3) is 0 Å². The predicted octanol–water partition coefficient (Wildman–Crippen LogP) is 5.20. The molecule has 0 radical (unpaired) electrons. The van der Waals surface area contributed by atoms with Crippen molar-refractivity contribution in [1.82, 2.24) is 0 Å². The molecule has 2 atom stereocenters. The molecule has 1 unspecified atom stereocenters. The molecule has 1 aliphatic heterocycles. The standard InChI is InChI=1S/C15H11Cl3O2/c16-8-1-3-12(18)10(5-8)15-7-13(19)11-6-9(17)2-4-14(11)20-15/h1-6,13,15,19H,7H2/t13-,15?/m1/s1. The molecule has 0 amide bonds. The molecule has 0 fully saturated rings. The molecule has 0 saturated heterocycles. The zero-order valence-corrected chi connectivity index (χ0v) is 12.6. The molecule has 1 heterocycles. The molecule has 20 heavy (non-hydrogen) atoms. The highest BCUT2D eigenvalue weighted by atomic mass is 35.5. The second kappa shape index (κ2) is 5.45. The minimum atomic E-state index is -0.641. The van der Waals surface area contributed by atoms with Crippen molar-refractivity contribution in [3.63, 3.8) is 0 Å². The monoisotopic (exact) mass is 328 g/mol. The Labute approximate surface area is 131 Å². The average molecular weight is 330 g/mol. The number of halogens is 3. The lowest BCUT2D eigenvalue weighted by Crippen LogP contribution is -2.19. The number of fused-ring (bicyclic) bond motifs is 1. The molecule has 104 valence electrons. The van der Waals surface area contributed by atoms with Crippen LogP contribution in [-0.4, -0.2) is 5.11 Å². The molecule has 0 saturated carbocycles. The highest BCUT2D eigenvalue weighted by Gasteiger charge is 2.29. The van der Waals surface area contributed by atoms with Crippen LogP contribution < -0.4 is 4.74 Å². The number of ether oxygens (including phenoxy) is 1. The lowest BCUT2D eigenvalue weighted by molar-refractivity contribution is 0.0658. The lowest BCUT2D eigenvalue weighted by atomic mass is 9.95. The normalized spacial score (nSPS) is 21.2. The molecule has 1 N–H and O–H groups in total. The molecule has 3 rings (SSSR count). The van der Waals surface area contributed by atoms with Gasteiger partial charge in [-0.25, -0.2) is 0 Å². The van der Waals surface area contributed by atoms with E-state index in [1.165, 1.54) is 0 Å². The fraction of sp³-hybridized carbons (Fsp3) is 0.200. The Hall–Kier alpha value is -0.930. The van der Waals surface area contributed by atoms with E-state index in [1.807, 2.05) is 0 Å². The molecular weight excluding hydrogens is 319 g/mol. The molecule has 0 spiro atoms. The maximum Gasteiger partial charge on any atom is 0.128 e. The Morgan fingerprint density at radius 3 is 2.35 bits per heavy atom. The molecule has 1 aliphatic rings. The van der Waals surface area contributed by atoms with E-state index in [0.29, 0.717) is 32.8 Å². The van der Waals surface area contributed by atoms with Crippen molar-refractivity contribution < 1.29 is 9.84 Å². The Kier molecular flexibility index (Phi) is 3.83. The minimum Gasteiger partial charge on any atom is -0.485 e. The average Bonchev–Trinajstić information content (AvgIpc) is 2.42. The minimum absolute atomic E-state index is 0.329. The Morgan fingerprint density at radius 2 is 1.60 bits per heavy atom. The third-order valence-corrected chi connectivity index (χ3v) is 4.16. The van der Waals surface area contributed by atoms with Crippen LogP contribution in [0.5, 0.6) is 5.75 Å². The molecular formula is C15H11Cl3O2. The largest absolute Gasteiger partial charge is 0.485 e. The summed E-state index contributed by atoms with van der Waals surface area (Å²) >= 11 is 18.1. The van der Waals surface area contributed by atoms with Gasteiger partial charge in [0.1, 0.15) is 11.9 Å². The molecule has 2 aromatic rings. The Balaban J connectivity index is 1.99. The number of hydrogen-bond acceptors (Lipinski definition) is 2. The molecule has 0 bridgehead atoms. The topological polar surface area (TPSA) is 29.5 Å². The van der Waals surface area contributed by atoms with Gasteiger partial charge in [0.2, 0.25) is 0 Å². The lowest BCUT2D eigenvalue weighted by Gasteiger charge is -2.30. The predicted molar refractivity (Wildman–Crippen MR) is 80.9 cm³/mol. The van der Waals surface area contributed by atoms with Gasteiger partial charge in [-0.3, -0.25) is 0 Å². The van der Waals surface area contributed by atoms with Gasteiger partial charge in [-0.1, -0.05) is 34.8 Å². The van der Waals surface area contributed by atoms with Crippen LogP contribution in [0.15, 0.2) is 36.4 Å². The summed E-state index contributed by atoms with van der Waals surface area (Å²) in [6, 6.07) is 10.4. The summed E-state index contributed by atoms with van der Waals surface area (Å²) < 4.78 is 5.92. The van der Waals surface area contributed by atoms with Crippen LogP contribution in [0.4, 0.5) is 0 Å². The van der Waals surface area contributed by atoms with E-state index < -0.39 is 6.10 Å². The van der Waals surface area contributed by atoms with Crippen molar-refractivity contribution in [2.24, 2.45) is 0 Å². The van der Waals surface area contributed by atoms with E-state index in [0.717, 1.165) is 5.56 Å². The number of aliphatic hydroxyl groups is 1. The van der Waals surface area contributed by atoms with E-state index in [1.54, 1.807) is 36.4 Å². The summed E-state index contributed by atoms with van der Waals surface area (Å²) in [7, 11) is 0. The number of rotatable bonds is 1. The van der Waals surface area contributed by atoms with Crippen LogP contribution >= 0.6 is 34.8 Å². The van der Waals surface area contributed by atoms with Gasteiger partial charge in [-0.05, 0) is 36.4 Å². The molecule has 5 heteroatoms. The second-order valence-corrected chi connectivity index (χ2v) is 5.99. The van der Waals surface area contributed by atoms with Crippen molar-refractivity contribution in [2.75, 3.05) is 0 Å². The van der Waals surface area contributed by atoms with Crippen LogP contribution in [0.1, 0.15) is 29.8 Å². The van der Waals surface area contributed by atoms with Crippen molar-refractivity contribution in [1.29, 1.82) is 0 Å². The van der Waals surface area contributed by atoms with Crippen LogP contribution in [0, 0.1) is 0 Å². The number of hydrogen-bond donors (Lipinski definition) is 1. The first kappa shape index (κ1) is 14.0. The summed E-state index contributed by atoms with van der Waals surface area (Å²) in [5.41, 5.74) is 1.48. The van der Waals surface area contributed by atoms with E-state index in [-0.39, 0.29) is 6.10 Å². The third kappa shape index (κ3) is 2.61. The van der Waals surface area contributed by atoms with Gasteiger partial charge in [-0.2, -0.15) is 0 Å². The molecule has 2 aromatic carbocycles. The van der Waals surface area contributed by atoms with Gasteiger partial charge < -0.3 is 9.84 Å². The SMILES string of the molecule is O[C@@H]1CC(c2cc(Cl)ccc2Cl)Oc2ccc(Cl)cc21. The fourth-order valence-electron chi connectivity index (χ4n) is 2.37. The highest BCUT2D eigenvalue weighted by molar-refractivity contribution is 6.33. The van der Waals surface area contributed by atoms with E-state index >= 15 is 0 Å². The van der Waals surface area contributed by atoms with Gasteiger partial charge in [0, 0.05) is 32.6 Å². The zero-order chi connectivity index (χ0) is 14.3. The van der Waals surface area contributed by atoms with Gasteiger partial charge >= 0.3 is 0 Å². The summed E-state index contributed by atoms with van der Waals surface area (Å²) in [6.07, 6.45) is -0.560. The van der Waals surface area contributed by atoms with E-state index in [4.69, 9.17) is 39.5 Å². The first-order valence-corrected chi connectivity index (χ1v) is 7.27. The fourth-order valence-corrected chi connectivity index (χ4v) is 2.97.